The van der Waals surface area contributed by atoms with Gasteiger partial charge in [0.15, 0.2) is 0 Å². The van der Waals surface area contributed by atoms with Gasteiger partial charge in [0.25, 0.3) is 0 Å². The summed E-state index contributed by atoms with van der Waals surface area (Å²) < 4.78 is 11.5. The summed E-state index contributed by atoms with van der Waals surface area (Å²) in [6, 6.07) is -0.356. The van der Waals surface area contributed by atoms with Gasteiger partial charge in [-0.3, -0.25) is 14.5 Å². The lowest BCUT2D eigenvalue weighted by Gasteiger charge is -2.58. The summed E-state index contributed by atoms with van der Waals surface area (Å²) in [4.78, 5) is 27.3. The van der Waals surface area contributed by atoms with Crippen molar-refractivity contribution in [3.8, 4) is 0 Å². The minimum absolute atomic E-state index is 0.241. The predicted molar refractivity (Wildman–Crippen MR) is 86.9 cm³/mol. The van der Waals surface area contributed by atoms with E-state index in [-0.39, 0.29) is 24.0 Å². The van der Waals surface area contributed by atoms with Crippen LogP contribution >= 0.6 is 0 Å². The lowest BCUT2D eigenvalue weighted by atomic mass is 9.48. The van der Waals surface area contributed by atoms with Crippen LogP contribution in [0.15, 0.2) is 0 Å². The highest BCUT2D eigenvalue weighted by molar-refractivity contribution is 5.83. The lowest BCUT2D eigenvalue weighted by molar-refractivity contribution is -0.202. The van der Waals surface area contributed by atoms with E-state index in [2.05, 4.69) is 4.90 Å². The third-order valence-electron chi connectivity index (χ3n) is 6.87. The highest BCUT2D eigenvalue weighted by Gasteiger charge is 2.62. The maximum absolute atomic E-state index is 12.8. The number of hydrogen-bond acceptors (Lipinski definition) is 5. The van der Waals surface area contributed by atoms with E-state index >= 15 is 0 Å². The second-order valence-corrected chi connectivity index (χ2v) is 8.20. The Morgan fingerprint density at radius 3 is 2.58 bits per heavy atom. The average molecular weight is 336 g/mol. The molecule has 0 radical (unpaired) electrons. The normalized spacial score (nSPS) is 44.5. The van der Waals surface area contributed by atoms with E-state index in [1.54, 1.807) is 0 Å². The van der Waals surface area contributed by atoms with Crippen LogP contribution in [0.2, 0.25) is 0 Å². The monoisotopic (exact) mass is 336 g/mol. The smallest absolute Gasteiger partial charge is 0.326 e. The molecule has 134 valence electrons. The van der Waals surface area contributed by atoms with Gasteiger partial charge in [0, 0.05) is 6.54 Å². The standard InChI is InChI=1S/C18H28N2O4/c1-2-20-3-4-23-10-14(20)16(21)24-15-13-6-11-5-12(7-13)9-18(15,8-11)17(19)22/h11-15H,2-10H2,1H3,(H2,19,22). The number of morpholine rings is 1. The van der Waals surface area contributed by atoms with Crippen LogP contribution in [0.3, 0.4) is 0 Å². The van der Waals surface area contributed by atoms with E-state index in [0.29, 0.717) is 31.0 Å². The van der Waals surface area contributed by atoms with Crippen LogP contribution in [0.5, 0.6) is 0 Å². The van der Waals surface area contributed by atoms with Gasteiger partial charge in [0.1, 0.15) is 12.1 Å². The van der Waals surface area contributed by atoms with Crippen LogP contribution in [-0.2, 0) is 19.1 Å². The zero-order valence-corrected chi connectivity index (χ0v) is 14.4. The van der Waals surface area contributed by atoms with Gasteiger partial charge in [0.2, 0.25) is 5.91 Å². The van der Waals surface area contributed by atoms with Crippen molar-refractivity contribution in [2.24, 2.45) is 28.9 Å². The van der Waals surface area contributed by atoms with Gasteiger partial charge < -0.3 is 15.2 Å². The van der Waals surface area contributed by atoms with Crippen molar-refractivity contribution >= 4 is 11.9 Å². The molecular formula is C18H28N2O4. The molecule has 4 aliphatic carbocycles. The van der Waals surface area contributed by atoms with Crippen molar-refractivity contribution in [1.29, 1.82) is 0 Å². The number of ether oxygens (including phenoxy) is 2. The van der Waals surface area contributed by atoms with Crippen LogP contribution in [0.25, 0.3) is 0 Å². The third kappa shape index (κ3) is 2.46. The highest BCUT2D eigenvalue weighted by Crippen LogP contribution is 2.60. The van der Waals surface area contributed by atoms with Gasteiger partial charge in [0.05, 0.1) is 18.6 Å². The number of nitrogens with two attached hydrogens (primary N) is 1. The first kappa shape index (κ1) is 16.3. The Labute approximate surface area is 143 Å². The molecule has 4 atom stereocenters. The molecule has 0 aromatic heterocycles. The van der Waals surface area contributed by atoms with Gasteiger partial charge in [-0.2, -0.15) is 0 Å². The Balaban J connectivity index is 1.54. The lowest BCUT2D eigenvalue weighted by Crippen LogP contribution is -2.63. The molecule has 4 saturated carbocycles. The number of nitrogens with zero attached hydrogens (tertiary/aromatic N) is 1. The van der Waals surface area contributed by atoms with Crippen molar-refractivity contribution in [2.45, 2.75) is 51.2 Å². The molecule has 0 aromatic carbocycles. The number of amides is 1. The van der Waals surface area contributed by atoms with Gasteiger partial charge in [-0.15, -0.1) is 0 Å². The Morgan fingerprint density at radius 2 is 1.96 bits per heavy atom. The molecule has 1 saturated heterocycles. The molecule has 1 heterocycles. The number of carbonyl (C=O) groups is 2. The highest BCUT2D eigenvalue weighted by atomic mass is 16.6. The number of esters is 1. The maximum atomic E-state index is 12.8. The second-order valence-electron chi connectivity index (χ2n) is 8.20. The number of likely N-dealkylation sites (N-methyl/N-ethyl adjacent to an activating group) is 1. The SMILES string of the molecule is CCN1CCOCC1C(=O)OC1C2CC3CC(C2)CC1(C(N)=O)C3. The number of hydrogen-bond donors (Lipinski definition) is 1. The first-order valence-electron chi connectivity index (χ1n) is 9.35. The number of rotatable bonds is 4. The minimum atomic E-state index is -0.628. The van der Waals surface area contributed by atoms with Crippen LogP contribution in [0.1, 0.15) is 39.0 Å². The molecule has 4 bridgehead atoms. The molecule has 6 nitrogen and oxygen atoms in total. The van der Waals surface area contributed by atoms with Crippen molar-refractivity contribution in [3.63, 3.8) is 0 Å². The minimum Gasteiger partial charge on any atom is -0.460 e. The maximum Gasteiger partial charge on any atom is 0.326 e. The molecule has 5 aliphatic rings. The zero-order chi connectivity index (χ0) is 16.9. The second kappa shape index (κ2) is 5.99. The van der Waals surface area contributed by atoms with E-state index in [1.807, 2.05) is 6.92 Å². The molecule has 0 aromatic rings. The molecule has 1 amide bonds. The summed E-state index contributed by atoms with van der Waals surface area (Å²) in [6.07, 6.45) is 4.62. The fraction of sp³-hybridized carbons (Fsp3) is 0.889. The molecule has 2 N–H and O–H groups in total. The van der Waals surface area contributed by atoms with E-state index in [4.69, 9.17) is 15.2 Å². The summed E-state index contributed by atoms with van der Waals surface area (Å²) in [5, 5.41) is 0. The van der Waals surface area contributed by atoms with Crippen molar-refractivity contribution in [3.05, 3.63) is 0 Å². The van der Waals surface area contributed by atoms with Crippen LogP contribution in [0, 0.1) is 23.2 Å². The molecule has 1 aliphatic heterocycles. The molecule has 5 rings (SSSR count). The molecule has 0 spiro atoms. The van der Waals surface area contributed by atoms with Crippen molar-refractivity contribution in [1.82, 2.24) is 4.90 Å². The Morgan fingerprint density at radius 1 is 1.25 bits per heavy atom. The predicted octanol–water partition coefficient (Wildman–Crippen LogP) is 0.931. The number of primary amides is 1. The first-order valence-corrected chi connectivity index (χ1v) is 9.35. The number of carbonyl (C=O) groups excluding carboxylic acids is 2. The average Bonchev–Trinajstić information content (AvgIpc) is 2.57. The Bertz CT molecular complexity index is 523. The summed E-state index contributed by atoms with van der Waals surface area (Å²) in [7, 11) is 0. The molecule has 5 fully saturated rings. The third-order valence-corrected chi connectivity index (χ3v) is 6.87. The van der Waals surface area contributed by atoms with Crippen molar-refractivity contribution in [2.75, 3.05) is 26.3 Å². The fourth-order valence-corrected chi connectivity index (χ4v) is 5.98. The topological polar surface area (TPSA) is 81.9 Å². The summed E-state index contributed by atoms with van der Waals surface area (Å²) >= 11 is 0. The zero-order valence-electron chi connectivity index (χ0n) is 14.4. The Hall–Kier alpha value is -1.14. The Kier molecular flexibility index (Phi) is 4.07. The van der Waals surface area contributed by atoms with E-state index in [1.165, 1.54) is 6.42 Å². The first-order chi connectivity index (χ1) is 11.5. The van der Waals surface area contributed by atoms with Gasteiger partial charge in [-0.25, -0.2) is 0 Å². The van der Waals surface area contributed by atoms with Gasteiger partial charge in [-0.05, 0) is 56.4 Å². The van der Waals surface area contributed by atoms with Gasteiger partial charge in [-0.1, -0.05) is 6.92 Å². The molecular weight excluding hydrogens is 308 g/mol. The van der Waals surface area contributed by atoms with Crippen LogP contribution < -0.4 is 5.73 Å². The molecule has 4 unspecified atom stereocenters. The summed E-state index contributed by atoms with van der Waals surface area (Å²) in [6.45, 7) is 4.61. The molecule has 6 heteroatoms. The molecule has 24 heavy (non-hydrogen) atoms. The van der Waals surface area contributed by atoms with Crippen LogP contribution in [-0.4, -0.2) is 55.2 Å². The van der Waals surface area contributed by atoms with E-state index in [9.17, 15) is 9.59 Å². The van der Waals surface area contributed by atoms with E-state index in [0.717, 1.165) is 38.8 Å². The quantitative estimate of drug-likeness (QED) is 0.773. The van der Waals surface area contributed by atoms with Crippen LogP contribution in [0.4, 0.5) is 0 Å². The fourth-order valence-electron chi connectivity index (χ4n) is 5.98. The van der Waals surface area contributed by atoms with Crippen molar-refractivity contribution < 1.29 is 19.1 Å². The van der Waals surface area contributed by atoms with E-state index < -0.39 is 5.41 Å². The largest absolute Gasteiger partial charge is 0.460 e. The summed E-state index contributed by atoms with van der Waals surface area (Å²) in [5.41, 5.74) is 5.20. The summed E-state index contributed by atoms with van der Waals surface area (Å²) in [5.74, 6) is 0.943. The van der Waals surface area contributed by atoms with Gasteiger partial charge >= 0.3 is 5.97 Å².